The smallest absolute Gasteiger partial charge is 0.416 e. The van der Waals surface area contributed by atoms with E-state index < -0.39 is 17.7 Å². The molecule has 122 valence electrons. The van der Waals surface area contributed by atoms with Gasteiger partial charge >= 0.3 is 6.18 Å². The Bertz CT molecular complexity index is 693. The molecule has 3 nitrogen and oxygen atoms in total. The first-order valence-corrected chi connectivity index (χ1v) is 8.39. The van der Waals surface area contributed by atoms with Crippen molar-refractivity contribution < 1.29 is 22.7 Å². The maximum Gasteiger partial charge on any atom is 0.416 e. The van der Waals surface area contributed by atoms with Gasteiger partial charge in [0.05, 0.1) is 11.6 Å². The van der Waals surface area contributed by atoms with Crippen molar-refractivity contribution in [2.75, 3.05) is 6.26 Å². The standard InChI is InChI=1S/C16H14F3NO2S/c1-23-8-12-14(21)13(15(22-12)20-11-5-6-11)9-3-2-4-10(7-9)16(17,18)19/h2-4,7-8,11,13H,5-6H2,1H3. The fourth-order valence-corrected chi connectivity index (χ4v) is 2.72. The second-order valence-corrected chi connectivity index (χ2v) is 6.15. The minimum Gasteiger partial charge on any atom is -0.438 e. The van der Waals surface area contributed by atoms with Gasteiger partial charge in [0.1, 0.15) is 5.92 Å². The maximum absolute atomic E-state index is 12.9. The summed E-state index contributed by atoms with van der Waals surface area (Å²) in [5.74, 6) is -0.897. The Kier molecular flexibility index (Phi) is 4.23. The number of ether oxygens (including phenoxy) is 1. The molecule has 1 aromatic rings. The number of benzene rings is 1. The summed E-state index contributed by atoms with van der Waals surface area (Å²) in [5, 5.41) is 1.55. The van der Waals surface area contributed by atoms with Crippen LogP contribution in [0.3, 0.4) is 0 Å². The molecule has 0 N–H and O–H groups in total. The number of rotatable bonds is 3. The summed E-state index contributed by atoms with van der Waals surface area (Å²) < 4.78 is 44.2. The summed E-state index contributed by atoms with van der Waals surface area (Å²) in [6.45, 7) is 0. The molecule has 1 saturated carbocycles. The van der Waals surface area contributed by atoms with Crippen LogP contribution in [0.15, 0.2) is 40.4 Å². The van der Waals surface area contributed by atoms with E-state index in [0.717, 1.165) is 25.0 Å². The van der Waals surface area contributed by atoms with Gasteiger partial charge in [-0.15, -0.1) is 11.8 Å². The number of hydrogen-bond donors (Lipinski definition) is 0. The molecule has 0 aromatic heterocycles. The van der Waals surface area contributed by atoms with Crippen molar-refractivity contribution in [3.63, 3.8) is 0 Å². The number of aliphatic imine (C=N–C) groups is 1. The van der Waals surface area contributed by atoms with Crippen LogP contribution in [0.4, 0.5) is 13.2 Å². The predicted molar refractivity (Wildman–Crippen MR) is 82.3 cm³/mol. The van der Waals surface area contributed by atoms with E-state index in [2.05, 4.69) is 4.99 Å². The van der Waals surface area contributed by atoms with E-state index in [1.54, 1.807) is 11.7 Å². The Morgan fingerprint density at radius 2 is 2.09 bits per heavy atom. The molecular weight excluding hydrogens is 327 g/mol. The number of carbonyl (C=O) groups is 1. The summed E-state index contributed by atoms with van der Waals surface area (Å²) in [6, 6.07) is 4.90. The molecule has 1 unspecified atom stereocenters. The molecule has 1 aromatic carbocycles. The molecule has 3 rings (SSSR count). The van der Waals surface area contributed by atoms with E-state index in [-0.39, 0.29) is 29.0 Å². The summed E-state index contributed by atoms with van der Waals surface area (Å²) in [4.78, 5) is 16.9. The molecule has 1 heterocycles. The number of Topliss-reactive ketones (excluding diaryl/α,β-unsaturated/α-hetero) is 1. The van der Waals surface area contributed by atoms with E-state index in [9.17, 15) is 18.0 Å². The zero-order valence-corrected chi connectivity index (χ0v) is 13.1. The van der Waals surface area contributed by atoms with Gasteiger partial charge in [0.2, 0.25) is 11.7 Å². The highest BCUT2D eigenvalue weighted by atomic mass is 32.2. The molecular formula is C16H14F3NO2S. The molecule has 0 bridgehead atoms. The SMILES string of the molecule is CSC=C1OC(=NC2CC2)C(c2cccc(C(F)(F)F)c2)C1=O. The molecule has 2 aliphatic rings. The van der Waals surface area contributed by atoms with Gasteiger partial charge in [0.15, 0.2) is 5.76 Å². The van der Waals surface area contributed by atoms with E-state index in [4.69, 9.17) is 4.74 Å². The largest absolute Gasteiger partial charge is 0.438 e. The van der Waals surface area contributed by atoms with Crippen molar-refractivity contribution in [2.45, 2.75) is 31.0 Å². The van der Waals surface area contributed by atoms with Crippen LogP contribution in [0.1, 0.15) is 29.9 Å². The highest BCUT2D eigenvalue weighted by Crippen LogP contribution is 2.37. The number of ketones is 1. The Balaban J connectivity index is 2.01. The minimum atomic E-state index is -4.45. The Morgan fingerprint density at radius 3 is 2.70 bits per heavy atom. The lowest BCUT2D eigenvalue weighted by Gasteiger charge is -2.11. The zero-order chi connectivity index (χ0) is 16.6. The van der Waals surface area contributed by atoms with Crippen LogP contribution in [0.5, 0.6) is 0 Å². The maximum atomic E-state index is 12.9. The molecule has 0 radical (unpaired) electrons. The fraction of sp³-hybridized carbons (Fsp3) is 0.375. The van der Waals surface area contributed by atoms with Crippen LogP contribution in [0, 0.1) is 0 Å². The van der Waals surface area contributed by atoms with Crippen molar-refractivity contribution >= 4 is 23.4 Å². The second-order valence-electron chi connectivity index (χ2n) is 5.44. The highest BCUT2D eigenvalue weighted by Gasteiger charge is 2.41. The predicted octanol–water partition coefficient (Wildman–Crippen LogP) is 4.15. The third-order valence-corrected chi connectivity index (χ3v) is 4.05. The quantitative estimate of drug-likeness (QED) is 0.775. The molecule has 0 spiro atoms. The summed E-state index contributed by atoms with van der Waals surface area (Å²) >= 11 is 1.30. The molecule has 1 saturated heterocycles. The van der Waals surface area contributed by atoms with Crippen LogP contribution in [0.25, 0.3) is 0 Å². The first-order valence-electron chi connectivity index (χ1n) is 7.10. The van der Waals surface area contributed by atoms with Gasteiger partial charge in [0, 0.05) is 5.41 Å². The van der Waals surface area contributed by atoms with Crippen molar-refractivity contribution in [1.82, 2.24) is 0 Å². The van der Waals surface area contributed by atoms with Crippen molar-refractivity contribution in [2.24, 2.45) is 4.99 Å². The number of hydrogen-bond acceptors (Lipinski definition) is 4. The molecule has 1 aliphatic carbocycles. The van der Waals surface area contributed by atoms with Crippen LogP contribution >= 0.6 is 11.8 Å². The zero-order valence-electron chi connectivity index (χ0n) is 12.3. The molecule has 2 fully saturated rings. The molecule has 23 heavy (non-hydrogen) atoms. The van der Waals surface area contributed by atoms with Gasteiger partial charge in [-0.2, -0.15) is 13.2 Å². The molecule has 0 amide bonds. The number of allylic oxidation sites excluding steroid dienone is 1. The van der Waals surface area contributed by atoms with Gasteiger partial charge in [-0.05, 0) is 30.7 Å². The lowest BCUT2D eigenvalue weighted by atomic mass is 9.94. The Morgan fingerprint density at radius 1 is 1.35 bits per heavy atom. The second kappa shape index (κ2) is 6.03. The van der Waals surface area contributed by atoms with Crippen LogP contribution < -0.4 is 0 Å². The van der Waals surface area contributed by atoms with E-state index in [1.165, 1.54) is 23.9 Å². The van der Waals surface area contributed by atoms with E-state index in [0.29, 0.717) is 0 Å². The highest BCUT2D eigenvalue weighted by molar-refractivity contribution is 8.01. The summed E-state index contributed by atoms with van der Waals surface area (Å²) in [7, 11) is 0. The summed E-state index contributed by atoms with van der Waals surface area (Å²) in [6.07, 6.45) is -0.848. The fourth-order valence-electron chi connectivity index (χ4n) is 2.34. The lowest BCUT2D eigenvalue weighted by Crippen LogP contribution is -2.15. The van der Waals surface area contributed by atoms with Gasteiger partial charge in [-0.1, -0.05) is 18.2 Å². The summed E-state index contributed by atoms with van der Waals surface area (Å²) in [5.41, 5.74) is -0.524. The Hall–Kier alpha value is -1.76. The molecule has 1 atom stereocenters. The average molecular weight is 341 g/mol. The van der Waals surface area contributed by atoms with Gasteiger partial charge < -0.3 is 4.74 Å². The topological polar surface area (TPSA) is 38.7 Å². The number of nitrogens with zero attached hydrogens (tertiary/aromatic N) is 1. The van der Waals surface area contributed by atoms with Gasteiger partial charge in [0.25, 0.3) is 0 Å². The van der Waals surface area contributed by atoms with E-state index >= 15 is 0 Å². The van der Waals surface area contributed by atoms with Crippen molar-refractivity contribution in [1.29, 1.82) is 0 Å². The number of halogens is 3. The minimum absolute atomic E-state index is 0.111. The third kappa shape index (κ3) is 3.44. The average Bonchev–Trinajstić information content (AvgIpc) is 3.24. The monoisotopic (exact) mass is 341 g/mol. The normalized spacial score (nSPS) is 25.2. The number of carbonyl (C=O) groups excluding carboxylic acids is 1. The molecule has 7 heteroatoms. The van der Waals surface area contributed by atoms with Crippen molar-refractivity contribution in [3.05, 3.63) is 46.6 Å². The van der Waals surface area contributed by atoms with Gasteiger partial charge in [-0.25, -0.2) is 0 Å². The first kappa shape index (κ1) is 16.1. The Labute approximate surface area is 135 Å². The van der Waals surface area contributed by atoms with Crippen molar-refractivity contribution in [3.8, 4) is 0 Å². The number of alkyl halides is 3. The van der Waals surface area contributed by atoms with Crippen LogP contribution in [-0.4, -0.2) is 24.0 Å². The molecule has 1 aliphatic heterocycles. The number of thioether (sulfide) groups is 1. The lowest BCUT2D eigenvalue weighted by molar-refractivity contribution is -0.137. The third-order valence-electron chi connectivity index (χ3n) is 3.60. The van der Waals surface area contributed by atoms with Gasteiger partial charge in [-0.3, -0.25) is 9.79 Å². The first-order chi connectivity index (χ1) is 10.9. The van der Waals surface area contributed by atoms with E-state index in [1.807, 2.05) is 0 Å². The van der Waals surface area contributed by atoms with Crippen LogP contribution in [0.2, 0.25) is 0 Å². The van der Waals surface area contributed by atoms with Crippen LogP contribution in [-0.2, 0) is 15.7 Å².